The van der Waals surface area contributed by atoms with Crippen LogP contribution in [0.1, 0.15) is 72.9 Å². The van der Waals surface area contributed by atoms with E-state index in [1.54, 1.807) is 18.3 Å². The highest BCUT2D eigenvalue weighted by molar-refractivity contribution is 7.14. The number of thiophene rings is 1. The SMILES string of the molecule is Cc1nc(C(C)(C)NC(=O)c2cc3c(s2)CCC(C(C)(C)C)C3)no1. The van der Waals surface area contributed by atoms with Gasteiger partial charge in [0.2, 0.25) is 5.89 Å². The van der Waals surface area contributed by atoms with Gasteiger partial charge in [-0.15, -0.1) is 11.3 Å². The van der Waals surface area contributed by atoms with Crippen molar-refractivity contribution in [3.8, 4) is 0 Å². The molecule has 1 N–H and O–H groups in total. The minimum absolute atomic E-state index is 0.0702. The van der Waals surface area contributed by atoms with Crippen LogP contribution < -0.4 is 5.32 Å². The first-order valence-electron chi connectivity index (χ1n) is 8.81. The van der Waals surface area contributed by atoms with E-state index in [1.807, 2.05) is 13.8 Å². The van der Waals surface area contributed by atoms with Gasteiger partial charge in [-0.25, -0.2) is 0 Å². The van der Waals surface area contributed by atoms with Crippen LogP contribution in [0.25, 0.3) is 0 Å². The third kappa shape index (κ3) is 3.78. The van der Waals surface area contributed by atoms with Crippen molar-refractivity contribution in [3.63, 3.8) is 0 Å². The summed E-state index contributed by atoms with van der Waals surface area (Å²) in [7, 11) is 0. The second kappa shape index (κ2) is 6.24. The molecule has 0 spiro atoms. The highest BCUT2D eigenvalue weighted by atomic mass is 32.1. The van der Waals surface area contributed by atoms with Gasteiger partial charge in [0, 0.05) is 11.8 Å². The van der Waals surface area contributed by atoms with Gasteiger partial charge in [0.15, 0.2) is 5.82 Å². The summed E-state index contributed by atoms with van der Waals surface area (Å²) in [4.78, 5) is 19.1. The molecule has 1 aliphatic carbocycles. The number of rotatable bonds is 3. The Morgan fingerprint density at radius 3 is 2.64 bits per heavy atom. The number of carbonyl (C=O) groups excluding carboxylic acids is 1. The van der Waals surface area contributed by atoms with Crippen molar-refractivity contribution in [2.24, 2.45) is 11.3 Å². The van der Waals surface area contributed by atoms with Gasteiger partial charge in [0.05, 0.1) is 10.4 Å². The quantitative estimate of drug-likeness (QED) is 0.887. The molecule has 5 nitrogen and oxygen atoms in total. The average Bonchev–Trinajstić information content (AvgIpc) is 3.11. The molecule has 1 amide bonds. The highest BCUT2D eigenvalue weighted by Gasteiger charge is 2.32. The van der Waals surface area contributed by atoms with Gasteiger partial charge in [-0.1, -0.05) is 25.9 Å². The summed E-state index contributed by atoms with van der Waals surface area (Å²) in [5.74, 6) is 1.59. The Labute approximate surface area is 153 Å². The van der Waals surface area contributed by atoms with Crippen molar-refractivity contribution in [1.82, 2.24) is 15.5 Å². The average molecular weight is 362 g/mol. The van der Waals surface area contributed by atoms with E-state index in [0.29, 0.717) is 23.0 Å². The van der Waals surface area contributed by atoms with Crippen LogP contribution in [0.3, 0.4) is 0 Å². The fourth-order valence-corrected chi connectivity index (χ4v) is 4.43. The largest absolute Gasteiger partial charge is 0.340 e. The van der Waals surface area contributed by atoms with Gasteiger partial charge >= 0.3 is 0 Å². The fourth-order valence-electron chi connectivity index (χ4n) is 3.33. The van der Waals surface area contributed by atoms with Crippen LogP contribution in [0.5, 0.6) is 0 Å². The maximum Gasteiger partial charge on any atom is 0.262 e. The third-order valence-corrected chi connectivity index (χ3v) is 6.28. The van der Waals surface area contributed by atoms with Crippen molar-refractivity contribution < 1.29 is 9.32 Å². The number of carbonyl (C=O) groups is 1. The monoisotopic (exact) mass is 361 g/mol. The maximum absolute atomic E-state index is 12.7. The Morgan fingerprint density at radius 2 is 2.04 bits per heavy atom. The van der Waals surface area contributed by atoms with E-state index >= 15 is 0 Å². The van der Waals surface area contributed by atoms with Gasteiger partial charge in [0.25, 0.3) is 5.91 Å². The number of aromatic nitrogens is 2. The number of hydrogen-bond donors (Lipinski definition) is 1. The number of hydrogen-bond acceptors (Lipinski definition) is 5. The minimum Gasteiger partial charge on any atom is -0.340 e. The molecule has 6 heteroatoms. The smallest absolute Gasteiger partial charge is 0.262 e. The normalized spacial score (nSPS) is 18.1. The first-order valence-corrected chi connectivity index (χ1v) is 9.63. The number of fused-ring (bicyclic) bond motifs is 1. The number of amides is 1. The van der Waals surface area contributed by atoms with Crippen LogP contribution in [0.15, 0.2) is 10.6 Å². The van der Waals surface area contributed by atoms with Crippen molar-refractivity contribution >= 4 is 17.2 Å². The van der Waals surface area contributed by atoms with Crippen molar-refractivity contribution in [2.45, 2.75) is 66.3 Å². The van der Waals surface area contributed by atoms with Gasteiger partial charge in [-0.3, -0.25) is 4.79 Å². The summed E-state index contributed by atoms with van der Waals surface area (Å²) in [5, 5.41) is 6.98. The summed E-state index contributed by atoms with van der Waals surface area (Å²) >= 11 is 1.62. The van der Waals surface area contributed by atoms with Crippen LogP contribution in [0.4, 0.5) is 0 Å². The Bertz CT molecular complexity index is 783. The molecule has 0 aliphatic heterocycles. The molecule has 1 unspecified atom stereocenters. The molecular formula is C19H27N3O2S. The highest BCUT2D eigenvalue weighted by Crippen LogP contribution is 2.40. The van der Waals surface area contributed by atoms with Crippen molar-refractivity contribution in [1.29, 1.82) is 0 Å². The summed E-state index contributed by atoms with van der Waals surface area (Å²) < 4.78 is 5.04. The van der Waals surface area contributed by atoms with E-state index in [9.17, 15) is 4.79 Å². The van der Waals surface area contributed by atoms with Crippen molar-refractivity contribution in [2.75, 3.05) is 0 Å². The summed E-state index contributed by atoms with van der Waals surface area (Å²) in [5.41, 5.74) is 0.975. The maximum atomic E-state index is 12.7. The zero-order chi connectivity index (χ0) is 18.4. The Balaban J connectivity index is 1.75. The molecule has 0 bridgehead atoms. The summed E-state index contributed by atoms with van der Waals surface area (Å²) in [6.07, 6.45) is 3.34. The number of nitrogens with one attached hydrogen (secondary N) is 1. The van der Waals surface area contributed by atoms with Crippen LogP contribution >= 0.6 is 11.3 Å². The molecule has 25 heavy (non-hydrogen) atoms. The molecule has 0 saturated heterocycles. The lowest BCUT2D eigenvalue weighted by atomic mass is 9.72. The minimum atomic E-state index is -0.673. The van der Waals surface area contributed by atoms with E-state index in [2.05, 4.69) is 42.3 Å². The van der Waals surface area contributed by atoms with Gasteiger partial charge in [-0.05, 0) is 56.1 Å². The predicted molar refractivity (Wildman–Crippen MR) is 98.8 cm³/mol. The first-order chi connectivity index (χ1) is 11.6. The van der Waals surface area contributed by atoms with Gasteiger partial charge in [-0.2, -0.15) is 4.98 Å². The first kappa shape index (κ1) is 18.1. The standard InChI is InChI=1S/C19H27N3O2S/c1-11-20-17(22-24-11)19(5,6)21-16(23)15-10-12-9-13(18(2,3)4)7-8-14(12)25-15/h10,13H,7-9H2,1-6H3,(H,21,23). The second-order valence-corrected chi connectivity index (χ2v) is 9.72. The fraction of sp³-hybridized carbons (Fsp3) is 0.632. The lowest BCUT2D eigenvalue weighted by Crippen LogP contribution is -2.41. The van der Waals surface area contributed by atoms with Crippen LogP contribution in [-0.2, 0) is 18.4 Å². The second-order valence-electron chi connectivity index (χ2n) is 8.58. The summed E-state index contributed by atoms with van der Waals surface area (Å²) in [6, 6.07) is 2.07. The van der Waals surface area contributed by atoms with E-state index in [0.717, 1.165) is 17.7 Å². The molecule has 0 radical (unpaired) electrons. The molecule has 2 heterocycles. The molecule has 2 aromatic heterocycles. The Morgan fingerprint density at radius 1 is 1.32 bits per heavy atom. The molecule has 0 fully saturated rings. The topological polar surface area (TPSA) is 68.0 Å². The third-order valence-electron chi connectivity index (χ3n) is 5.04. The van der Waals surface area contributed by atoms with Crippen LogP contribution in [0, 0.1) is 18.3 Å². The summed E-state index contributed by atoms with van der Waals surface area (Å²) in [6.45, 7) is 12.4. The van der Waals surface area contributed by atoms with E-state index in [-0.39, 0.29) is 5.91 Å². The zero-order valence-electron chi connectivity index (χ0n) is 15.9. The molecule has 3 rings (SSSR count). The van der Waals surface area contributed by atoms with E-state index in [1.165, 1.54) is 16.9 Å². The van der Waals surface area contributed by atoms with Gasteiger partial charge in [0.1, 0.15) is 0 Å². The molecule has 0 saturated carbocycles. The number of aryl methyl sites for hydroxylation is 2. The molecular weight excluding hydrogens is 334 g/mol. The van der Waals surface area contributed by atoms with Gasteiger partial charge < -0.3 is 9.84 Å². The number of nitrogens with zero attached hydrogens (tertiary/aromatic N) is 2. The van der Waals surface area contributed by atoms with E-state index in [4.69, 9.17) is 4.52 Å². The Kier molecular flexibility index (Phi) is 4.52. The van der Waals surface area contributed by atoms with E-state index < -0.39 is 5.54 Å². The lowest BCUT2D eigenvalue weighted by Gasteiger charge is -2.33. The molecule has 2 aromatic rings. The molecule has 1 atom stereocenters. The van der Waals surface area contributed by atoms with Crippen molar-refractivity contribution in [3.05, 3.63) is 33.1 Å². The Hall–Kier alpha value is -1.69. The molecule has 0 aromatic carbocycles. The molecule has 1 aliphatic rings. The van der Waals surface area contributed by atoms with Crippen LogP contribution in [-0.4, -0.2) is 16.0 Å². The predicted octanol–water partition coefficient (Wildman–Crippen LogP) is 4.26. The zero-order valence-corrected chi connectivity index (χ0v) is 16.7. The lowest BCUT2D eigenvalue weighted by molar-refractivity contribution is 0.0911. The molecule has 136 valence electrons. The van der Waals surface area contributed by atoms with Crippen LogP contribution in [0.2, 0.25) is 0 Å².